The van der Waals surface area contributed by atoms with Crippen molar-refractivity contribution in [1.29, 1.82) is 0 Å². The first-order valence-corrected chi connectivity index (χ1v) is 7.62. The van der Waals surface area contributed by atoms with E-state index in [0.29, 0.717) is 6.54 Å². The Labute approximate surface area is 132 Å². The van der Waals surface area contributed by atoms with Gasteiger partial charge in [-0.05, 0) is 39.3 Å². The Balaban J connectivity index is 1.87. The van der Waals surface area contributed by atoms with Crippen LogP contribution >= 0.6 is 0 Å². The number of hydrogen-bond donors (Lipinski definition) is 1. The summed E-state index contributed by atoms with van der Waals surface area (Å²) < 4.78 is 5.40. The Morgan fingerprint density at radius 3 is 2.68 bits per heavy atom. The van der Waals surface area contributed by atoms with Gasteiger partial charge in [-0.25, -0.2) is 9.78 Å². The molecule has 0 saturated carbocycles. The molecule has 1 amide bonds. The van der Waals surface area contributed by atoms with Gasteiger partial charge < -0.3 is 19.9 Å². The molecule has 1 unspecified atom stereocenters. The van der Waals surface area contributed by atoms with Crippen LogP contribution < -0.4 is 10.2 Å². The minimum absolute atomic E-state index is 0.236. The maximum Gasteiger partial charge on any atom is 0.410 e. The molecular weight excluding hydrogens is 280 g/mol. The highest BCUT2D eigenvalue weighted by Gasteiger charge is 2.29. The van der Waals surface area contributed by atoms with Gasteiger partial charge in [0.05, 0.1) is 11.9 Å². The summed E-state index contributed by atoms with van der Waals surface area (Å²) in [7, 11) is 3.93. The molecular formula is C16H26N4O2. The van der Waals surface area contributed by atoms with Crippen molar-refractivity contribution in [2.45, 2.75) is 38.8 Å². The topological polar surface area (TPSA) is 57.7 Å². The molecule has 1 fully saturated rings. The zero-order valence-corrected chi connectivity index (χ0v) is 14.1. The van der Waals surface area contributed by atoms with E-state index in [1.807, 2.05) is 58.1 Å². The number of nitrogens with zero attached hydrogens (tertiary/aromatic N) is 3. The molecule has 0 bridgehead atoms. The highest BCUT2D eigenvalue weighted by Crippen LogP contribution is 2.19. The van der Waals surface area contributed by atoms with Gasteiger partial charge >= 0.3 is 6.09 Å². The van der Waals surface area contributed by atoms with Crippen molar-refractivity contribution in [2.75, 3.05) is 37.4 Å². The van der Waals surface area contributed by atoms with Crippen molar-refractivity contribution in [3.05, 3.63) is 18.3 Å². The molecule has 1 aliphatic rings. The van der Waals surface area contributed by atoms with Gasteiger partial charge in [-0.15, -0.1) is 0 Å². The third kappa shape index (κ3) is 4.51. The highest BCUT2D eigenvalue weighted by atomic mass is 16.6. The second-order valence-corrected chi connectivity index (χ2v) is 6.86. The molecule has 122 valence electrons. The second-order valence-electron chi connectivity index (χ2n) is 6.86. The van der Waals surface area contributed by atoms with Crippen LogP contribution in [0.2, 0.25) is 0 Å². The first-order valence-electron chi connectivity index (χ1n) is 7.62. The molecule has 0 spiro atoms. The van der Waals surface area contributed by atoms with Crippen molar-refractivity contribution in [3.8, 4) is 0 Å². The molecule has 22 heavy (non-hydrogen) atoms. The van der Waals surface area contributed by atoms with E-state index < -0.39 is 5.60 Å². The summed E-state index contributed by atoms with van der Waals surface area (Å²) >= 11 is 0. The molecule has 0 radical (unpaired) electrons. The number of likely N-dealkylation sites (tertiary alicyclic amines) is 1. The molecule has 6 nitrogen and oxygen atoms in total. The Kier molecular flexibility index (Phi) is 4.78. The normalized spacial score (nSPS) is 18.2. The number of ether oxygens (including phenoxy) is 1. The number of amides is 1. The van der Waals surface area contributed by atoms with E-state index in [0.717, 1.165) is 24.5 Å². The number of pyridine rings is 1. The summed E-state index contributed by atoms with van der Waals surface area (Å²) in [6.07, 6.45) is 2.50. The molecule has 1 aliphatic heterocycles. The fraction of sp³-hybridized carbons (Fsp3) is 0.625. The molecule has 6 heteroatoms. The molecule has 1 N–H and O–H groups in total. The summed E-state index contributed by atoms with van der Waals surface area (Å²) in [5, 5.41) is 3.42. The van der Waals surface area contributed by atoms with E-state index in [-0.39, 0.29) is 12.1 Å². The Morgan fingerprint density at radius 1 is 1.41 bits per heavy atom. The van der Waals surface area contributed by atoms with Gasteiger partial charge in [0.15, 0.2) is 0 Å². The van der Waals surface area contributed by atoms with Crippen LogP contribution in [0.4, 0.5) is 16.3 Å². The van der Waals surface area contributed by atoms with Gasteiger partial charge in [-0.3, -0.25) is 0 Å². The van der Waals surface area contributed by atoms with Crippen molar-refractivity contribution in [2.24, 2.45) is 0 Å². The third-order valence-corrected chi connectivity index (χ3v) is 3.42. The fourth-order valence-electron chi connectivity index (χ4n) is 2.34. The van der Waals surface area contributed by atoms with E-state index >= 15 is 0 Å². The number of nitrogens with one attached hydrogen (secondary N) is 1. The predicted octanol–water partition coefficient (Wildman–Crippen LogP) is 2.57. The lowest BCUT2D eigenvalue weighted by Gasteiger charge is -2.24. The lowest BCUT2D eigenvalue weighted by Crippen LogP contribution is -2.36. The molecule has 0 aliphatic carbocycles. The minimum atomic E-state index is -0.450. The van der Waals surface area contributed by atoms with Crippen molar-refractivity contribution in [3.63, 3.8) is 0 Å². The first kappa shape index (κ1) is 16.4. The van der Waals surface area contributed by atoms with Gasteiger partial charge in [0, 0.05) is 33.2 Å². The second kappa shape index (κ2) is 6.42. The van der Waals surface area contributed by atoms with Gasteiger partial charge in [0.2, 0.25) is 0 Å². The Morgan fingerprint density at radius 2 is 2.14 bits per heavy atom. The van der Waals surface area contributed by atoms with E-state index in [1.54, 1.807) is 4.90 Å². The average Bonchev–Trinajstić information content (AvgIpc) is 2.86. The number of anilines is 2. The summed E-state index contributed by atoms with van der Waals surface area (Å²) in [5.74, 6) is 0.923. The maximum atomic E-state index is 12.0. The number of carbonyl (C=O) groups is 1. The standard InChI is InChI=1S/C16H26N4O2/c1-16(2,3)22-15(21)20-9-8-13(11-20)18-12-6-7-14(17-10-12)19(4)5/h6-7,10,13,18H,8-9,11H2,1-5H3. The van der Waals surface area contributed by atoms with Crippen LogP contribution in [0.15, 0.2) is 18.3 Å². The largest absolute Gasteiger partial charge is 0.444 e. The monoisotopic (exact) mass is 306 g/mol. The lowest BCUT2D eigenvalue weighted by molar-refractivity contribution is 0.0293. The predicted molar refractivity (Wildman–Crippen MR) is 88.4 cm³/mol. The zero-order valence-electron chi connectivity index (χ0n) is 14.1. The van der Waals surface area contributed by atoms with Gasteiger partial charge in [0.25, 0.3) is 0 Å². The van der Waals surface area contributed by atoms with Crippen LogP contribution in [0.1, 0.15) is 27.2 Å². The summed E-state index contributed by atoms with van der Waals surface area (Å²) in [6, 6.07) is 4.22. The van der Waals surface area contributed by atoms with Crippen LogP contribution in [-0.2, 0) is 4.74 Å². The number of carbonyl (C=O) groups excluding carboxylic acids is 1. The minimum Gasteiger partial charge on any atom is -0.444 e. The number of aromatic nitrogens is 1. The van der Waals surface area contributed by atoms with Gasteiger partial charge in [0.1, 0.15) is 11.4 Å². The number of hydrogen-bond acceptors (Lipinski definition) is 5. The third-order valence-electron chi connectivity index (χ3n) is 3.42. The van der Waals surface area contributed by atoms with E-state index in [4.69, 9.17) is 4.74 Å². The fourth-order valence-corrected chi connectivity index (χ4v) is 2.34. The summed E-state index contributed by atoms with van der Waals surface area (Å²) in [4.78, 5) is 20.1. The van der Waals surface area contributed by atoms with Crippen molar-refractivity contribution >= 4 is 17.6 Å². The first-order chi connectivity index (χ1) is 10.2. The van der Waals surface area contributed by atoms with E-state index in [9.17, 15) is 4.79 Å². The van der Waals surface area contributed by atoms with Crippen molar-refractivity contribution < 1.29 is 9.53 Å². The van der Waals surface area contributed by atoms with Crippen LogP contribution in [0.5, 0.6) is 0 Å². The smallest absolute Gasteiger partial charge is 0.410 e. The molecule has 2 heterocycles. The molecule has 1 aromatic heterocycles. The van der Waals surface area contributed by atoms with E-state index in [2.05, 4.69) is 10.3 Å². The zero-order chi connectivity index (χ0) is 16.3. The van der Waals surface area contributed by atoms with Gasteiger partial charge in [-0.1, -0.05) is 0 Å². The van der Waals surface area contributed by atoms with Crippen molar-refractivity contribution in [1.82, 2.24) is 9.88 Å². The summed E-state index contributed by atoms with van der Waals surface area (Å²) in [5.41, 5.74) is 0.524. The highest BCUT2D eigenvalue weighted by molar-refractivity contribution is 5.68. The molecule has 0 aromatic carbocycles. The molecule has 2 rings (SSSR count). The lowest BCUT2D eigenvalue weighted by atomic mass is 10.2. The Hall–Kier alpha value is -1.98. The number of rotatable bonds is 3. The maximum absolute atomic E-state index is 12.0. The Bertz CT molecular complexity index is 508. The van der Waals surface area contributed by atoms with Crippen LogP contribution in [0, 0.1) is 0 Å². The molecule has 1 aromatic rings. The molecule has 1 saturated heterocycles. The van der Waals surface area contributed by atoms with Crippen LogP contribution in [0.25, 0.3) is 0 Å². The van der Waals surface area contributed by atoms with Gasteiger partial charge in [-0.2, -0.15) is 0 Å². The molecule has 1 atom stereocenters. The van der Waals surface area contributed by atoms with E-state index in [1.165, 1.54) is 0 Å². The quantitative estimate of drug-likeness (QED) is 0.930. The SMILES string of the molecule is CN(C)c1ccc(NC2CCN(C(=O)OC(C)(C)C)C2)cn1. The van der Waals surface area contributed by atoms with Crippen LogP contribution in [-0.4, -0.2) is 54.8 Å². The van der Waals surface area contributed by atoms with Crippen LogP contribution in [0.3, 0.4) is 0 Å². The average molecular weight is 306 g/mol. The summed E-state index contributed by atoms with van der Waals surface area (Å²) in [6.45, 7) is 7.03.